The lowest BCUT2D eigenvalue weighted by Crippen LogP contribution is -2.20. The van der Waals surface area contributed by atoms with Gasteiger partial charge in [0.1, 0.15) is 11.6 Å². The van der Waals surface area contributed by atoms with E-state index in [2.05, 4.69) is 10.6 Å². The van der Waals surface area contributed by atoms with Gasteiger partial charge in [0.2, 0.25) is 0 Å². The molecule has 0 aliphatic carbocycles. The summed E-state index contributed by atoms with van der Waals surface area (Å²) in [4.78, 5) is 11.8. The highest BCUT2D eigenvalue weighted by Gasteiger charge is 2.10. The van der Waals surface area contributed by atoms with Gasteiger partial charge in [0, 0.05) is 5.02 Å². The summed E-state index contributed by atoms with van der Waals surface area (Å²) >= 11 is 5.86. The van der Waals surface area contributed by atoms with E-state index in [4.69, 9.17) is 16.3 Å². The van der Waals surface area contributed by atoms with Crippen molar-refractivity contribution in [1.29, 1.82) is 0 Å². The number of urea groups is 1. The normalized spacial score (nSPS) is 9.95. The molecule has 2 N–H and O–H groups in total. The summed E-state index contributed by atoms with van der Waals surface area (Å²) in [5.41, 5.74) is 0.486. The molecule has 0 saturated carbocycles. The van der Waals surface area contributed by atoms with E-state index in [-0.39, 0.29) is 5.69 Å². The monoisotopic (exact) mass is 294 g/mol. The Morgan fingerprint density at radius 2 is 1.85 bits per heavy atom. The van der Waals surface area contributed by atoms with Crippen molar-refractivity contribution in [3.63, 3.8) is 0 Å². The Morgan fingerprint density at radius 1 is 1.15 bits per heavy atom. The third-order valence-corrected chi connectivity index (χ3v) is 2.77. The second kappa shape index (κ2) is 6.25. The van der Waals surface area contributed by atoms with Crippen LogP contribution in [0.25, 0.3) is 0 Å². The molecule has 2 aromatic carbocycles. The van der Waals surface area contributed by atoms with Crippen molar-refractivity contribution in [3.05, 3.63) is 53.3 Å². The molecule has 4 nitrogen and oxygen atoms in total. The first-order chi connectivity index (χ1) is 9.60. The summed E-state index contributed by atoms with van der Waals surface area (Å²) in [5.74, 6) is -0.0567. The number of halogens is 2. The maximum absolute atomic E-state index is 13.4. The fourth-order valence-electron chi connectivity index (χ4n) is 1.62. The first-order valence-corrected chi connectivity index (χ1v) is 6.14. The Balaban J connectivity index is 2.12. The molecule has 0 bridgehead atoms. The largest absolute Gasteiger partial charge is 0.495 e. The van der Waals surface area contributed by atoms with Gasteiger partial charge in [-0.1, -0.05) is 23.7 Å². The molecule has 2 aromatic rings. The summed E-state index contributed by atoms with van der Waals surface area (Å²) < 4.78 is 18.5. The number of nitrogens with one attached hydrogen (secondary N) is 2. The second-order valence-electron chi connectivity index (χ2n) is 3.90. The van der Waals surface area contributed by atoms with Gasteiger partial charge in [-0.05, 0) is 30.3 Å². The van der Waals surface area contributed by atoms with Crippen LogP contribution >= 0.6 is 11.6 Å². The van der Waals surface area contributed by atoms with Gasteiger partial charge in [0.05, 0.1) is 18.5 Å². The van der Waals surface area contributed by atoms with Crippen LogP contribution in [0.2, 0.25) is 5.02 Å². The first-order valence-electron chi connectivity index (χ1n) is 5.76. The van der Waals surface area contributed by atoms with Crippen LogP contribution < -0.4 is 15.4 Å². The molecule has 6 heteroatoms. The average molecular weight is 295 g/mol. The highest BCUT2D eigenvalue weighted by atomic mass is 35.5. The fraction of sp³-hybridized carbons (Fsp3) is 0.0714. The predicted molar refractivity (Wildman–Crippen MR) is 77.0 cm³/mol. The Morgan fingerprint density at radius 3 is 2.55 bits per heavy atom. The molecule has 104 valence electrons. The van der Waals surface area contributed by atoms with Crippen molar-refractivity contribution >= 4 is 29.0 Å². The van der Waals surface area contributed by atoms with Crippen molar-refractivity contribution in [2.45, 2.75) is 0 Å². The van der Waals surface area contributed by atoms with E-state index in [1.807, 2.05) is 0 Å². The zero-order valence-corrected chi connectivity index (χ0v) is 11.4. The Bertz CT molecular complexity index is 634. The van der Waals surface area contributed by atoms with Crippen LogP contribution in [0.3, 0.4) is 0 Å². The summed E-state index contributed by atoms with van der Waals surface area (Å²) in [7, 11) is 1.48. The molecule has 0 aromatic heterocycles. The molecule has 0 heterocycles. The van der Waals surface area contributed by atoms with Gasteiger partial charge in [0.15, 0.2) is 0 Å². The number of hydrogen-bond donors (Lipinski definition) is 2. The number of benzene rings is 2. The summed E-state index contributed by atoms with van der Waals surface area (Å²) in [5, 5.41) is 5.41. The molecule has 0 fully saturated rings. The third-order valence-electron chi connectivity index (χ3n) is 2.53. The zero-order chi connectivity index (χ0) is 14.5. The minimum absolute atomic E-state index is 0.0889. The Labute approximate surface area is 120 Å². The Kier molecular flexibility index (Phi) is 4.42. The van der Waals surface area contributed by atoms with Crippen LogP contribution in [0, 0.1) is 5.82 Å². The van der Waals surface area contributed by atoms with E-state index in [1.165, 1.54) is 19.2 Å². The first kappa shape index (κ1) is 14.1. The lowest BCUT2D eigenvalue weighted by Gasteiger charge is -2.11. The van der Waals surface area contributed by atoms with Gasteiger partial charge in [0.25, 0.3) is 0 Å². The number of hydrogen-bond acceptors (Lipinski definition) is 2. The minimum Gasteiger partial charge on any atom is -0.495 e. The minimum atomic E-state index is -0.587. The van der Waals surface area contributed by atoms with Crippen molar-refractivity contribution in [2.75, 3.05) is 17.7 Å². The number of carbonyl (C=O) groups is 1. The fourth-order valence-corrected chi connectivity index (χ4v) is 1.79. The second-order valence-corrected chi connectivity index (χ2v) is 4.34. The van der Waals surface area contributed by atoms with Gasteiger partial charge in [-0.3, -0.25) is 0 Å². The SMILES string of the molecule is COc1ccc(Cl)cc1NC(=O)Nc1ccccc1F. The number of anilines is 2. The maximum Gasteiger partial charge on any atom is 0.323 e. The summed E-state index contributed by atoms with van der Waals surface area (Å²) in [6.07, 6.45) is 0. The van der Waals surface area contributed by atoms with Crippen LogP contribution in [0.4, 0.5) is 20.6 Å². The molecule has 0 spiro atoms. The number of ether oxygens (including phenoxy) is 1. The Hall–Kier alpha value is -2.27. The van der Waals surface area contributed by atoms with Crippen LogP contribution in [0.15, 0.2) is 42.5 Å². The van der Waals surface area contributed by atoms with Crippen molar-refractivity contribution in [1.82, 2.24) is 0 Å². The van der Waals surface area contributed by atoms with E-state index in [1.54, 1.807) is 30.3 Å². The van der Waals surface area contributed by atoms with Crippen LogP contribution in [-0.4, -0.2) is 13.1 Å². The van der Waals surface area contributed by atoms with Gasteiger partial charge in [-0.2, -0.15) is 0 Å². The summed E-state index contributed by atoms with van der Waals surface area (Å²) in [6, 6.07) is 10.1. The molecule has 2 rings (SSSR count). The van der Waals surface area contributed by atoms with E-state index >= 15 is 0 Å². The van der Waals surface area contributed by atoms with Gasteiger partial charge < -0.3 is 15.4 Å². The number of methoxy groups -OCH3 is 1. The molecule has 0 aliphatic rings. The lowest BCUT2D eigenvalue weighted by molar-refractivity contribution is 0.262. The smallest absolute Gasteiger partial charge is 0.323 e. The van der Waals surface area contributed by atoms with E-state index in [9.17, 15) is 9.18 Å². The standard InChI is InChI=1S/C14H12ClFN2O2/c1-20-13-7-6-9(15)8-12(13)18-14(19)17-11-5-3-2-4-10(11)16/h2-8H,1H3,(H2,17,18,19). The van der Waals surface area contributed by atoms with Crippen molar-refractivity contribution in [3.8, 4) is 5.75 Å². The topological polar surface area (TPSA) is 50.4 Å². The molecular weight excluding hydrogens is 283 g/mol. The number of carbonyl (C=O) groups excluding carboxylic acids is 1. The van der Waals surface area contributed by atoms with Gasteiger partial charge in [-0.25, -0.2) is 9.18 Å². The molecule has 20 heavy (non-hydrogen) atoms. The van der Waals surface area contributed by atoms with Gasteiger partial charge >= 0.3 is 6.03 Å². The zero-order valence-electron chi connectivity index (χ0n) is 10.6. The maximum atomic E-state index is 13.4. The molecule has 0 unspecified atom stereocenters. The van der Waals surface area contributed by atoms with Crippen LogP contribution in [-0.2, 0) is 0 Å². The average Bonchev–Trinajstić information content (AvgIpc) is 2.41. The van der Waals surface area contributed by atoms with Crippen LogP contribution in [0.1, 0.15) is 0 Å². The number of rotatable bonds is 3. The third kappa shape index (κ3) is 3.39. The highest BCUT2D eigenvalue weighted by Crippen LogP contribution is 2.27. The molecule has 0 atom stereocenters. The van der Waals surface area contributed by atoms with Crippen LogP contribution in [0.5, 0.6) is 5.75 Å². The van der Waals surface area contributed by atoms with E-state index < -0.39 is 11.8 Å². The number of para-hydroxylation sites is 1. The number of amides is 2. The highest BCUT2D eigenvalue weighted by molar-refractivity contribution is 6.31. The predicted octanol–water partition coefficient (Wildman–Crippen LogP) is 4.13. The molecule has 2 amide bonds. The molecule has 0 aliphatic heterocycles. The van der Waals surface area contributed by atoms with E-state index in [0.717, 1.165) is 0 Å². The quantitative estimate of drug-likeness (QED) is 0.894. The molecular formula is C14H12ClFN2O2. The molecule has 0 radical (unpaired) electrons. The van der Waals surface area contributed by atoms with Crippen molar-refractivity contribution < 1.29 is 13.9 Å². The molecule has 0 saturated heterocycles. The summed E-state index contributed by atoms with van der Waals surface area (Å²) in [6.45, 7) is 0. The van der Waals surface area contributed by atoms with Crippen molar-refractivity contribution in [2.24, 2.45) is 0 Å². The van der Waals surface area contributed by atoms with Gasteiger partial charge in [-0.15, -0.1) is 0 Å². The lowest BCUT2D eigenvalue weighted by atomic mass is 10.3. The van der Waals surface area contributed by atoms with E-state index in [0.29, 0.717) is 16.5 Å².